The van der Waals surface area contributed by atoms with E-state index in [4.69, 9.17) is 14.2 Å². The number of benzene rings is 2. The van der Waals surface area contributed by atoms with E-state index < -0.39 is 105 Å². The van der Waals surface area contributed by atoms with Gasteiger partial charge in [0.25, 0.3) is 0 Å². The number of Topliss-reactive ketones (excluding diaryl/α,β-unsaturated/α-hetero) is 1. The van der Waals surface area contributed by atoms with E-state index in [1.54, 1.807) is 6.92 Å². The first-order valence-electron chi connectivity index (χ1n) is 12.9. The largest absolute Gasteiger partial charge is 0.507 e. The Morgan fingerprint density at radius 1 is 1.17 bits per heavy atom. The van der Waals surface area contributed by atoms with Crippen LogP contribution >= 0.6 is 0 Å². The first kappa shape index (κ1) is 29.0. The van der Waals surface area contributed by atoms with Crippen LogP contribution in [-0.4, -0.2) is 96.3 Å². The van der Waals surface area contributed by atoms with Gasteiger partial charge in [0, 0.05) is 36.0 Å². The van der Waals surface area contributed by atoms with Crippen LogP contribution in [0.15, 0.2) is 18.2 Å². The molecule has 218 valence electrons. The van der Waals surface area contributed by atoms with Gasteiger partial charge >= 0.3 is 9.57 Å². The number of phenolic OH excluding ortho intramolecular Hbond substituents is 2. The zero-order chi connectivity index (χ0) is 29.8. The van der Waals surface area contributed by atoms with Crippen LogP contribution in [0.2, 0.25) is 0 Å². The molecule has 2 aromatic rings. The van der Waals surface area contributed by atoms with E-state index in [2.05, 4.69) is 4.98 Å². The normalized spacial score (nSPS) is 28.8. The molecule has 1 aliphatic heterocycles. The van der Waals surface area contributed by atoms with Crippen molar-refractivity contribution in [3.05, 3.63) is 51.6 Å². The van der Waals surface area contributed by atoms with Crippen LogP contribution in [0.25, 0.3) is 0 Å². The Morgan fingerprint density at radius 3 is 2.54 bits per heavy atom. The molecular weight excluding hydrogens is 558 g/mol. The van der Waals surface area contributed by atoms with Gasteiger partial charge in [0.15, 0.2) is 17.9 Å². The summed E-state index contributed by atoms with van der Waals surface area (Å²) in [6, 6.07) is 3.65. The number of aromatic hydroxyl groups is 2. The topological polar surface area (TPSA) is 209 Å². The second-order valence-electron chi connectivity index (χ2n) is 10.4. The SMILES string of the molecule is COc1cccc2c1C(=O)c1c(O)c3c(c(O)c1C2=O)C[C@@](O)(C(=O)CO)C[C@@H]3OC1CC(N[SiH]=O)C(O)C(C)O1. The van der Waals surface area contributed by atoms with Crippen LogP contribution in [0.3, 0.4) is 0 Å². The van der Waals surface area contributed by atoms with Gasteiger partial charge in [0.05, 0.1) is 48.2 Å². The summed E-state index contributed by atoms with van der Waals surface area (Å²) in [5.41, 5.74) is -3.78. The van der Waals surface area contributed by atoms with Gasteiger partial charge < -0.3 is 49.2 Å². The van der Waals surface area contributed by atoms with Crippen LogP contribution in [0, 0.1) is 0 Å². The van der Waals surface area contributed by atoms with Crippen molar-refractivity contribution in [1.29, 1.82) is 0 Å². The second kappa shape index (κ2) is 10.7. The van der Waals surface area contributed by atoms with Crippen molar-refractivity contribution >= 4 is 26.9 Å². The van der Waals surface area contributed by atoms with Crippen LogP contribution in [0.1, 0.15) is 68.8 Å². The highest BCUT2D eigenvalue weighted by molar-refractivity contribution is 6.31. The Balaban J connectivity index is 1.66. The molecule has 0 aromatic heterocycles. The Bertz CT molecular complexity index is 1460. The predicted molar refractivity (Wildman–Crippen MR) is 139 cm³/mol. The lowest BCUT2D eigenvalue weighted by atomic mass is 9.72. The van der Waals surface area contributed by atoms with E-state index >= 15 is 0 Å². The number of methoxy groups -OCH3 is 1. The number of phenols is 2. The zero-order valence-electron chi connectivity index (χ0n) is 22.1. The maximum Gasteiger partial charge on any atom is 0.376 e. The molecule has 0 spiro atoms. The number of carbonyl (C=O) groups excluding carboxylic acids is 3. The van der Waals surface area contributed by atoms with E-state index in [1.165, 1.54) is 25.3 Å². The highest BCUT2D eigenvalue weighted by atomic mass is 28.2. The van der Waals surface area contributed by atoms with Gasteiger partial charge in [-0.05, 0) is 13.0 Å². The minimum Gasteiger partial charge on any atom is -0.507 e. The van der Waals surface area contributed by atoms with Crippen molar-refractivity contribution in [3.8, 4) is 17.2 Å². The maximum absolute atomic E-state index is 13.7. The fourth-order valence-corrected chi connectivity index (χ4v) is 6.48. The van der Waals surface area contributed by atoms with Crippen LogP contribution in [-0.2, 0) is 25.2 Å². The summed E-state index contributed by atoms with van der Waals surface area (Å²) in [7, 11) is -0.113. The number of ether oxygens (including phenoxy) is 3. The monoisotopic (exact) mass is 587 g/mol. The van der Waals surface area contributed by atoms with Crippen molar-refractivity contribution < 1.29 is 58.6 Å². The first-order valence-corrected chi connectivity index (χ1v) is 13.9. The molecule has 2 aliphatic carbocycles. The molecule has 5 rings (SSSR count). The second-order valence-corrected chi connectivity index (χ2v) is 11.0. The highest BCUT2D eigenvalue weighted by Crippen LogP contribution is 2.52. The molecule has 2 aromatic carbocycles. The summed E-state index contributed by atoms with van der Waals surface area (Å²) in [5, 5.41) is 54.2. The number of carbonyl (C=O) groups is 3. The van der Waals surface area contributed by atoms with Gasteiger partial charge in [0.1, 0.15) is 29.5 Å². The van der Waals surface area contributed by atoms with Gasteiger partial charge in [-0.25, -0.2) is 0 Å². The summed E-state index contributed by atoms with van der Waals surface area (Å²) in [6.45, 7) is 0.520. The molecule has 0 saturated carbocycles. The van der Waals surface area contributed by atoms with Crippen LogP contribution < -0.4 is 9.72 Å². The Morgan fingerprint density at radius 2 is 1.88 bits per heavy atom. The molecule has 0 bridgehead atoms. The highest BCUT2D eigenvalue weighted by Gasteiger charge is 2.50. The number of hydrogen-bond donors (Lipinski definition) is 6. The molecule has 1 heterocycles. The Hall–Kier alpha value is -3.53. The lowest BCUT2D eigenvalue weighted by Crippen LogP contribution is -2.54. The molecule has 1 fully saturated rings. The van der Waals surface area contributed by atoms with Crippen molar-refractivity contribution in [2.75, 3.05) is 13.7 Å². The molecule has 4 unspecified atom stereocenters. The van der Waals surface area contributed by atoms with Gasteiger partial charge in [-0.1, -0.05) is 12.1 Å². The van der Waals surface area contributed by atoms with Gasteiger partial charge in [-0.3, -0.25) is 14.4 Å². The molecule has 0 amide bonds. The lowest BCUT2D eigenvalue weighted by molar-refractivity contribution is -0.248. The predicted octanol–water partition coefficient (Wildman–Crippen LogP) is -0.671. The zero-order valence-corrected chi connectivity index (χ0v) is 23.3. The molecule has 13 nitrogen and oxygen atoms in total. The third-order valence-electron chi connectivity index (χ3n) is 8.04. The van der Waals surface area contributed by atoms with E-state index in [0.717, 1.165) is 0 Å². The van der Waals surface area contributed by atoms with Crippen molar-refractivity contribution in [2.45, 2.75) is 62.4 Å². The minimum absolute atomic E-state index is 0.0152. The lowest BCUT2D eigenvalue weighted by Gasteiger charge is -2.42. The number of ketones is 3. The number of aliphatic hydroxyl groups is 3. The quantitative estimate of drug-likeness (QED) is 0.150. The Kier molecular flexibility index (Phi) is 7.56. The summed E-state index contributed by atoms with van der Waals surface area (Å²) in [6.07, 6.45) is -5.42. The van der Waals surface area contributed by atoms with Crippen molar-refractivity contribution in [1.82, 2.24) is 4.98 Å². The van der Waals surface area contributed by atoms with Gasteiger partial charge in [-0.2, -0.15) is 0 Å². The summed E-state index contributed by atoms with van der Waals surface area (Å²) in [5.74, 6) is -3.89. The van der Waals surface area contributed by atoms with Crippen molar-refractivity contribution in [2.24, 2.45) is 0 Å². The molecule has 1 saturated heterocycles. The molecule has 0 radical (unpaired) electrons. The van der Waals surface area contributed by atoms with Gasteiger partial charge in [0.2, 0.25) is 5.78 Å². The summed E-state index contributed by atoms with van der Waals surface area (Å²) >= 11 is 0. The minimum atomic E-state index is -2.27. The van der Waals surface area contributed by atoms with Crippen molar-refractivity contribution in [3.63, 3.8) is 0 Å². The van der Waals surface area contributed by atoms with Gasteiger partial charge in [-0.15, -0.1) is 0 Å². The van der Waals surface area contributed by atoms with Crippen LogP contribution in [0.4, 0.5) is 0 Å². The fourth-order valence-electron chi connectivity index (χ4n) is 5.97. The third kappa shape index (κ3) is 4.56. The van der Waals surface area contributed by atoms with Crippen LogP contribution in [0.5, 0.6) is 17.2 Å². The average molecular weight is 588 g/mol. The molecule has 6 N–H and O–H groups in total. The Labute approximate surface area is 235 Å². The maximum atomic E-state index is 13.7. The number of aliphatic hydroxyl groups excluding tert-OH is 2. The number of hydrogen-bond acceptors (Lipinski definition) is 12. The third-order valence-corrected chi connectivity index (χ3v) is 8.61. The van der Waals surface area contributed by atoms with E-state index in [-0.39, 0.29) is 34.4 Å². The first-order chi connectivity index (χ1) is 19.5. The van der Waals surface area contributed by atoms with E-state index in [1.807, 2.05) is 0 Å². The standard InChI is InChI=1S/C27H29NO12Si/c1-10-22(31)13(28-41-37)6-17(39-10)40-15-8-27(36,16(30)9-29)7-12-19(15)26(35)21-20(24(12)33)23(32)11-4-3-5-14(38-2)18(11)25(21)34/h3-5,10,13,15,17,22,28-29,31,33,35-36,41H,6-9H2,1-2H3/t10?,13?,15-,17?,22?,27-/m0/s1. The number of nitrogens with one attached hydrogen (secondary N) is 1. The molecular formula is C27H29NO12Si. The smallest absolute Gasteiger partial charge is 0.376 e. The fraction of sp³-hybridized carbons (Fsp3) is 0.444. The summed E-state index contributed by atoms with van der Waals surface area (Å²) in [4.78, 5) is 42.6. The molecule has 6 atom stereocenters. The molecule has 41 heavy (non-hydrogen) atoms. The average Bonchev–Trinajstić information content (AvgIpc) is 2.95. The molecule has 14 heteroatoms. The van der Waals surface area contributed by atoms with E-state index in [0.29, 0.717) is 0 Å². The molecule has 3 aliphatic rings. The van der Waals surface area contributed by atoms with E-state index in [9.17, 15) is 44.4 Å². The summed E-state index contributed by atoms with van der Waals surface area (Å²) < 4.78 is 28.4. The number of rotatable bonds is 7. The number of fused-ring (bicyclic) bond motifs is 3.